The average Bonchev–Trinajstić information content (AvgIpc) is 2.96. The topological polar surface area (TPSA) is 72.3 Å². The first kappa shape index (κ1) is 17.1. The Morgan fingerprint density at radius 1 is 1.36 bits per heavy atom. The Morgan fingerprint density at radius 3 is 2.73 bits per heavy atom. The van der Waals surface area contributed by atoms with Gasteiger partial charge in [-0.1, -0.05) is 18.7 Å². The molecule has 2 rings (SSSR count). The van der Waals surface area contributed by atoms with E-state index in [4.69, 9.17) is 4.74 Å². The van der Waals surface area contributed by atoms with Crippen molar-refractivity contribution in [3.63, 3.8) is 0 Å². The zero-order valence-electron chi connectivity index (χ0n) is 13.5. The molecule has 1 fully saturated rings. The van der Waals surface area contributed by atoms with Gasteiger partial charge in [-0.3, -0.25) is 9.36 Å². The van der Waals surface area contributed by atoms with Crippen LogP contribution in [0.15, 0.2) is 5.16 Å². The molecule has 0 aromatic carbocycles. The summed E-state index contributed by atoms with van der Waals surface area (Å²) >= 11 is 1.44. The Labute approximate surface area is 135 Å². The van der Waals surface area contributed by atoms with E-state index in [1.165, 1.54) is 11.8 Å². The number of nitrogens with zero attached hydrogens (tertiary/aromatic N) is 4. The molecule has 0 spiro atoms. The van der Waals surface area contributed by atoms with E-state index in [9.17, 15) is 4.79 Å². The van der Waals surface area contributed by atoms with Crippen LogP contribution in [-0.2, 0) is 16.1 Å². The van der Waals surface area contributed by atoms with Crippen LogP contribution in [0.25, 0.3) is 0 Å². The summed E-state index contributed by atoms with van der Waals surface area (Å²) in [5.74, 6) is 1.28. The van der Waals surface area contributed by atoms with Gasteiger partial charge in [-0.2, -0.15) is 0 Å². The molecule has 1 N–H and O–H groups in total. The number of hydrogen-bond acceptors (Lipinski definition) is 6. The fourth-order valence-corrected chi connectivity index (χ4v) is 3.02. The zero-order chi connectivity index (χ0) is 15.9. The van der Waals surface area contributed by atoms with Gasteiger partial charge in [-0.25, -0.2) is 0 Å². The Balaban J connectivity index is 1.96. The number of hydrogen-bond donors (Lipinski definition) is 1. The molecule has 1 aromatic heterocycles. The minimum atomic E-state index is 0.0397. The van der Waals surface area contributed by atoms with Crippen molar-refractivity contribution in [1.82, 2.24) is 20.1 Å². The van der Waals surface area contributed by atoms with Gasteiger partial charge in [-0.05, 0) is 20.3 Å². The summed E-state index contributed by atoms with van der Waals surface area (Å²) in [4.78, 5) is 14.1. The van der Waals surface area contributed by atoms with E-state index in [2.05, 4.69) is 38.8 Å². The van der Waals surface area contributed by atoms with Crippen LogP contribution in [0.3, 0.4) is 0 Å². The number of ether oxygens (including phenoxy) is 1. The lowest BCUT2D eigenvalue weighted by Crippen LogP contribution is -2.38. The number of thioether (sulfide) groups is 1. The molecule has 0 radical (unpaired) electrons. The molecule has 1 aliphatic heterocycles. The fourth-order valence-electron chi connectivity index (χ4n) is 2.21. The van der Waals surface area contributed by atoms with Crippen molar-refractivity contribution in [2.24, 2.45) is 0 Å². The molecule has 1 aromatic rings. The van der Waals surface area contributed by atoms with Crippen molar-refractivity contribution in [2.75, 3.05) is 37.0 Å². The molecule has 1 atom stereocenters. The highest BCUT2D eigenvalue weighted by molar-refractivity contribution is 7.99. The summed E-state index contributed by atoms with van der Waals surface area (Å²) in [6.07, 6.45) is 0.933. The molecule has 124 valence electrons. The maximum atomic E-state index is 11.9. The van der Waals surface area contributed by atoms with Gasteiger partial charge < -0.3 is 15.0 Å². The van der Waals surface area contributed by atoms with E-state index >= 15 is 0 Å². The van der Waals surface area contributed by atoms with E-state index in [0.29, 0.717) is 5.75 Å². The van der Waals surface area contributed by atoms with Crippen molar-refractivity contribution >= 4 is 23.6 Å². The quantitative estimate of drug-likeness (QED) is 0.757. The smallest absolute Gasteiger partial charge is 0.230 e. The van der Waals surface area contributed by atoms with Crippen LogP contribution >= 0.6 is 11.8 Å². The predicted molar refractivity (Wildman–Crippen MR) is 87.3 cm³/mol. The lowest BCUT2D eigenvalue weighted by Gasteiger charge is -2.27. The molecular formula is C14H25N5O2S. The van der Waals surface area contributed by atoms with E-state index in [1.807, 2.05) is 6.92 Å². The molecule has 0 saturated carbocycles. The lowest BCUT2D eigenvalue weighted by molar-refractivity contribution is -0.119. The first-order chi connectivity index (χ1) is 10.7. The first-order valence-electron chi connectivity index (χ1n) is 7.83. The second-order valence-corrected chi connectivity index (χ2v) is 6.23. The fraction of sp³-hybridized carbons (Fsp3) is 0.786. The second-order valence-electron chi connectivity index (χ2n) is 5.29. The Morgan fingerprint density at radius 2 is 2.09 bits per heavy atom. The monoisotopic (exact) mass is 327 g/mol. The van der Waals surface area contributed by atoms with Gasteiger partial charge in [-0.15, -0.1) is 10.2 Å². The normalized spacial score (nSPS) is 16.6. The molecular weight excluding hydrogens is 302 g/mol. The van der Waals surface area contributed by atoms with E-state index in [1.54, 1.807) is 0 Å². The zero-order valence-corrected chi connectivity index (χ0v) is 14.4. The molecule has 0 aliphatic carbocycles. The molecule has 22 heavy (non-hydrogen) atoms. The van der Waals surface area contributed by atoms with Crippen molar-refractivity contribution in [3.8, 4) is 0 Å². The summed E-state index contributed by atoms with van der Waals surface area (Å²) in [6.45, 7) is 10.0. The van der Waals surface area contributed by atoms with Crippen LogP contribution in [-0.4, -0.2) is 58.8 Å². The predicted octanol–water partition coefficient (Wildman–Crippen LogP) is 1.14. The highest BCUT2D eigenvalue weighted by Crippen LogP contribution is 2.22. The number of morpholine rings is 1. The summed E-state index contributed by atoms with van der Waals surface area (Å²) in [5, 5.41) is 12.3. The molecule has 0 bridgehead atoms. The maximum Gasteiger partial charge on any atom is 0.230 e. The maximum absolute atomic E-state index is 11.9. The number of anilines is 1. The lowest BCUT2D eigenvalue weighted by atomic mass is 10.3. The number of rotatable bonds is 7. The highest BCUT2D eigenvalue weighted by atomic mass is 32.2. The molecule has 7 nitrogen and oxygen atoms in total. The molecule has 2 heterocycles. The molecule has 1 saturated heterocycles. The largest absolute Gasteiger partial charge is 0.378 e. The average molecular weight is 327 g/mol. The number of aromatic nitrogens is 3. The van der Waals surface area contributed by atoms with Crippen LogP contribution in [0, 0.1) is 0 Å². The summed E-state index contributed by atoms with van der Waals surface area (Å²) in [7, 11) is 0. The standard InChI is InChI=1S/C14H25N5O2S/c1-4-11(3)15-12(20)10-22-14-17-16-13(19(14)5-2)18-6-8-21-9-7-18/h11H,4-10H2,1-3H3,(H,15,20)/t11-/m0/s1. The summed E-state index contributed by atoms with van der Waals surface area (Å²) in [6, 6.07) is 0.209. The summed E-state index contributed by atoms with van der Waals surface area (Å²) in [5.41, 5.74) is 0. The minimum absolute atomic E-state index is 0.0397. The van der Waals surface area contributed by atoms with Crippen LogP contribution in [0.5, 0.6) is 0 Å². The van der Waals surface area contributed by atoms with E-state index in [0.717, 1.165) is 50.4 Å². The van der Waals surface area contributed by atoms with Gasteiger partial charge in [0.1, 0.15) is 0 Å². The number of carbonyl (C=O) groups is 1. The van der Waals surface area contributed by atoms with Crippen molar-refractivity contribution in [3.05, 3.63) is 0 Å². The molecule has 1 aliphatic rings. The van der Waals surface area contributed by atoms with Gasteiger partial charge in [0, 0.05) is 25.7 Å². The van der Waals surface area contributed by atoms with Gasteiger partial charge in [0.2, 0.25) is 11.9 Å². The first-order valence-corrected chi connectivity index (χ1v) is 8.82. The number of nitrogens with one attached hydrogen (secondary N) is 1. The van der Waals surface area contributed by atoms with Crippen LogP contribution in [0.1, 0.15) is 27.2 Å². The van der Waals surface area contributed by atoms with Gasteiger partial charge >= 0.3 is 0 Å². The van der Waals surface area contributed by atoms with E-state index < -0.39 is 0 Å². The third-order valence-electron chi connectivity index (χ3n) is 3.66. The molecule has 8 heteroatoms. The van der Waals surface area contributed by atoms with Gasteiger partial charge in [0.05, 0.1) is 19.0 Å². The molecule has 0 unspecified atom stereocenters. The Hall–Kier alpha value is -1.28. The van der Waals surface area contributed by atoms with E-state index in [-0.39, 0.29) is 11.9 Å². The van der Waals surface area contributed by atoms with Crippen LogP contribution in [0.4, 0.5) is 5.95 Å². The van der Waals surface area contributed by atoms with Crippen molar-refractivity contribution < 1.29 is 9.53 Å². The van der Waals surface area contributed by atoms with Gasteiger partial charge in [0.15, 0.2) is 5.16 Å². The SMILES string of the molecule is CC[C@H](C)NC(=O)CSc1nnc(N2CCOCC2)n1CC. The number of amides is 1. The van der Waals surface area contributed by atoms with Crippen molar-refractivity contribution in [1.29, 1.82) is 0 Å². The van der Waals surface area contributed by atoms with Gasteiger partial charge in [0.25, 0.3) is 0 Å². The Bertz CT molecular complexity index is 488. The highest BCUT2D eigenvalue weighted by Gasteiger charge is 2.20. The molecule has 1 amide bonds. The Kier molecular flexibility index (Phi) is 6.50. The third kappa shape index (κ3) is 4.36. The summed E-state index contributed by atoms with van der Waals surface area (Å²) < 4.78 is 7.43. The van der Waals surface area contributed by atoms with Crippen molar-refractivity contribution in [2.45, 2.75) is 44.9 Å². The number of carbonyl (C=O) groups excluding carboxylic acids is 1. The van der Waals surface area contributed by atoms with Crippen LogP contribution in [0.2, 0.25) is 0 Å². The minimum Gasteiger partial charge on any atom is -0.378 e. The second kappa shape index (κ2) is 8.38. The van der Waals surface area contributed by atoms with Crippen LogP contribution < -0.4 is 10.2 Å². The third-order valence-corrected chi connectivity index (χ3v) is 4.63.